The summed E-state index contributed by atoms with van der Waals surface area (Å²) in [5.41, 5.74) is 5.74. The Morgan fingerprint density at radius 1 is 1.14 bits per heavy atom. The van der Waals surface area contributed by atoms with Crippen molar-refractivity contribution in [2.45, 2.75) is 53.9 Å². The van der Waals surface area contributed by atoms with Crippen molar-refractivity contribution in [2.24, 2.45) is 5.41 Å². The third kappa shape index (κ3) is 5.79. The molecular formula is C20H30O. The standard InChI is InChI=1S/C20H30O/c1-16(9-7-10-17(2)15-21-6)12-13-19-18(3)11-8-14-20(19,4)5/h7,9-10,12-13,15H,8,11,14H2,1-6H3. The lowest BCUT2D eigenvalue weighted by Gasteiger charge is -2.32. The summed E-state index contributed by atoms with van der Waals surface area (Å²) in [5.74, 6) is 0. The Morgan fingerprint density at radius 3 is 2.48 bits per heavy atom. The van der Waals surface area contributed by atoms with Gasteiger partial charge in [0, 0.05) is 0 Å². The van der Waals surface area contributed by atoms with Crippen LogP contribution in [0.25, 0.3) is 0 Å². The molecule has 0 bridgehead atoms. The van der Waals surface area contributed by atoms with Crippen LogP contribution in [0.1, 0.15) is 53.9 Å². The van der Waals surface area contributed by atoms with Crippen LogP contribution in [0.15, 0.2) is 58.9 Å². The average Bonchev–Trinajstić information content (AvgIpc) is 2.37. The molecule has 1 heteroatoms. The van der Waals surface area contributed by atoms with Gasteiger partial charge in [0.2, 0.25) is 0 Å². The average molecular weight is 286 g/mol. The highest BCUT2D eigenvalue weighted by molar-refractivity contribution is 5.37. The quantitative estimate of drug-likeness (QED) is 0.437. The van der Waals surface area contributed by atoms with Crippen LogP contribution in [-0.4, -0.2) is 7.11 Å². The fourth-order valence-corrected chi connectivity index (χ4v) is 2.86. The zero-order valence-corrected chi connectivity index (χ0v) is 14.5. The number of ether oxygens (including phenoxy) is 1. The van der Waals surface area contributed by atoms with Crippen LogP contribution in [0, 0.1) is 5.41 Å². The fourth-order valence-electron chi connectivity index (χ4n) is 2.86. The molecule has 1 nitrogen and oxygen atoms in total. The van der Waals surface area contributed by atoms with Gasteiger partial charge in [-0.25, -0.2) is 0 Å². The summed E-state index contributed by atoms with van der Waals surface area (Å²) in [6.45, 7) is 11.2. The van der Waals surface area contributed by atoms with Crippen LogP contribution in [0.3, 0.4) is 0 Å². The molecule has 21 heavy (non-hydrogen) atoms. The van der Waals surface area contributed by atoms with Gasteiger partial charge in [-0.3, -0.25) is 0 Å². The van der Waals surface area contributed by atoms with E-state index in [2.05, 4.69) is 58.1 Å². The van der Waals surface area contributed by atoms with Crippen molar-refractivity contribution < 1.29 is 4.74 Å². The molecule has 0 heterocycles. The van der Waals surface area contributed by atoms with Crippen molar-refractivity contribution in [1.82, 2.24) is 0 Å². The molecule has 0 saturated carbocycles. The predicted molar refractivity (Wildman–Crippen MR) is 93.1 cm³/mol. The minimum atomic E-state index is 0.312. The van der Waals surface area contributed by atoms with Gasteiger partial charge in [0.15, 0.2) is 0 Å². The zero-order valence-electron chi connectivity index (χ0n) is 14.5. The van der Waals surface area contributed by atoms with Crippen molar-refractivity contribution in [3.63, 3.8) is 0 Å². The Labute approximate surface area is 130 Å². The van der Waals surface area contributed by atoms with Crippen molar-refractivity contribution in [1.29, 1.82) is 0 Å². The third-order valence-corrected chi connectivity index (χ3v) is 4.08. The summed E-state index contributed by atoms with van der Waals surface area (Å²) in [6.07, 6.45) is 16.4. The van der Waals surface area contributed by atoms with Crippen LogP contribution >= 0.6 is 0 Å². The second-order valence-electron chi connectivity index (χ2n) is 6.63. The summed E-state index contributed by atoms with van der Waals surface area (Å²) >= 11 is 0. The number of hydrogen-bond acceptors (Lipinski definition) is 1. The smallest absolute Gasteiger partial charge is 0.0853 e. The minimum Gasteiger partial charge on any atom is -0.504 e. The molecule has 0 aliphatic heterocycles. The molecule has 0 atom stereocenters. The molecular weight excluding hydrogens is 256 g/mol. The van der Waals surface area contributed by atoms with Gasteiger partial charge < -0.3 is 4.74 Å². The SMILES string of the molecule is COC=C(C)C=CC=C(C)C=CC1=C(C)CCCC1(C)C. The predicted octanol–water partition coefficient (Wildman–Crippen LogP) is 6.12. The largest absolute Gasteiger partial charge is 0.504 e. The van der Waals surface area contributed by atoms with E-state index >= 15 is 0 Å². The molecule has 1 aliphatic rings. The number of methoxy groups -OCH3 is 1. The molecule has 0 amide bonds. The van der Waals surface area contributed by atoms with Crippen LogP contribution in [0.5, 0.6) is 0 Å². The maximum atomic E-state index is 4.97. The van der Waals surface area contributed by atoms with Crippen LogP contribution in [0.2, 0.25) is 0 Å². The molecule has 1 aliphatic carbocycles. The van der Waals surface area contributed by atoms with E-state index in [1.807, 2.05) is 6.92 Å². The maximum absolute atomic E-state index is 4.97. The molecule has 1 rings (SSSR count). The summed E-state index contributed by atoms with van der Waals surface area (Å²) in [6, 6.07) is 0. The van der Waals surface area contributed by atoms with Gasteiger partial charge in [-0.15, -0.1) is 0 Å². The summed E-state index contributed by atoms with van der Waals surface area (Å²) in [7, 11) is 1.67. The molecule has 0 saturated heterocycles. The Hall–Kier alpha value is -1.50. The highest BCUT2D eigenvalue weighted by Gasteiger charge is 2.26. The molecule has 0 N–H and O–H groups in total. The van der Waals surface area contributed by atoms with Crippen molar-refractivity contribution >= 4 is 0 Å². The summed E-state index contributed by atoms with van der Waals surface area (Å²) in [4.78, 5) is 0. The van der Waals surface area contributed by atoms with E-state index in [4.69, 9.17) is 4.74 Å². The Morgan fingerprint density at radius 2 is 1.86 bits per heavy atom. The summed E-state index contributed by atoms with van der Waals surface area (Å²) in [5, 5.41) is 0. The summed E-state index contributed by atoms with van der Waals surface area (Å²) < 4.78 is 4.97. The van der Waals surface area contributed by atoms with Crippen LogP contribution in [-0.2, 0) is 4.74 Å². The molecule has 0 fully saturated rings. The first kappa shape index (κ1) is 17.6. The monoisotopic (exact) mass is 286 g/mol. The first-order valence-electron chi connectivity index (χ1n) is 7.79. The Bertz CT molecular complexity index is 496. The number of hydrogen-bond donors (Lipinski definition) is 0. The van der Waals surface area contributed by atoms with E-state index in [-0.39, 0.29) is 0 Å². The van der Waals surface area contributed by atoms with Crippen LogP contribution in [0.4, 0.5) is 0 Å². The molecule has 0 unspecified atom stereocenters. The van der Waals surface area contributed by atoms with Gasteiger partial charge in [0.25, 0.3) is 0 Å². The van der Waals surface area contributed by atoms with Gasteiger partial charge in [0.05, 0.1) is 13.4 Å². The zero-order chi connectivity index (χ0) is 15.9. The molecule has 0 spiro atoms. The van der Waals surface area contributed by atoms with Gasteiger partial charge in [-0.2, -0.15) is 0 Å². The molecule has 0 aromatic carbocycles. The first-order chi connectivity index (χ1) is 9.86. The molecule has 0 aromatic heterocycles. The van der Waals surface area contributed by atoms with E-state index in [1.165, 1.54) is 30.4 Å². The van der Waals surface area contributed by atoms with Gasteiger partial charge in [-0.05, 0) is 56.6 Å². The second kappa shape index (κ2) is 8.07. The van der Waals surface area contributed by atoms with Crippen molar-refractivity contribution in [3.05, 3.63) is 58.9 Å². The van der Waals surface area contributed by atoms with Crippen LogP contribution < -0.4 is 0 Å². The fraction of sp³-hybridized carbons (Fsp3) is 0.500. The van der Waals surface area contributed by atoms with Gasteiger partial charge in [-0.1, -0.05) is 55.4 Å². The highest BCUT2D eigenvalue weighted by Crippen LogP contribution is 2.40. The topological polar surface area (TPSA) is 9.23 Å². The normalized spacial score (nSPS) is 20.7. The third-order valence-electron chi connectivity index (χ3n) is 4.08. The van der Waals surface area contributed by atoms with Crippen molar-refractivity contribution in [2.75, 3.05) is 7.11 Å². The molecule has 0 aromatic rings. The van der Waals surface area contributed by atoms with Crippen molar-refractivity contribution in [3.8, 4) is 0 Å². The lowest BCUT2D eigenvalue weighted by Crippen LogP contribution is -2.19. The van der Waals surface area contributed by atoms with E-state index in [9.17, 15) is 0 Å². The van der Waals surface area contributed by atoms with E-state index in [0.717, 1.165) is 5.57 Å². The lowest BCUT2D eigenvalue weighted by molar-refractivity contribution is 0.335. The number of rotatable bonds is 5. The highest BCUT2D eigenvalue weighted by atomic mass is 16.5. The number of allylic oxidation sites excluding steroid dienone is 9. The Kier molecular flexibility index (Phi) is 6.74. The lowest BCUT2D eigenvalue weighted by atomic mass is 9.72. The van der Waals surface area contributed by atoms with E-state index < -0.39 is 0 Å². The first-order valence-corrected chi connectivity index (χ1v) is 7.79. The second-order valence-corrected chi connectivity index (χ2v) is 6.63. The molecule has 116 valence electrons. The molecule has 0 radical (unpaired) electrons. The van der Waals surface area contributed by atoms with E-state index in [1.54, 1.807) is 18.9 Å². The Balaban J connectivity index is 2.78. The van der Waals surface area contributed by atoms with Gasteiger partial charge >= 0.3 is 0 Å². The van der Waals surface area contributed by atoms with Gasteiger partial charge in [0.1, 0.15) is 0 Å². The maximum Gasteiger partial charge on any atom is 0.0853 e. The van der Waals surface area contributed by atoms with E-state index in [0.29, 0.717) is 5.41 Å². The minimum absolute atomic E-state index is 0.312.